The van der Waals surface area contributed by atoms with Gasteiger partial charge in [-0.05, 0) is 30.9 Å². The second-order valence-electron chi connectivity index (χ2n) is 4.55. The van der Waals surface area contributed by atoms with Gasteiger partial charge >= 0.3 is 0 Å². The fourth-order valence-electron chi connectivity index (χ4n) is 1.59. The van der Waals surface area contributed by atoms with Crippen molar-refractivity contribution in [3.8, 4) is 5.88 Å². The van der Waals surface area contributed by atoms with Crippen molar-refractivity contribution >= 4 is 11.5 Å². The van der Waals surface area contributed by atoms with E-state index in [9.17, 15) is 0 Å². The van der Waals surface area contributed by atoms with E-state index in [4.69, 9.17) is 10.5 Å². The van der Waals surface area contributed by atoms with Gasteiger partial charge in [-0.15, -0.1) is 0 Å². The van der Waals surface area contributed by atoms with Crippen molar-refractivity contribution in [1.82, 2.24) is 15.1 Å². The second kappa shape index (κ2) is 5.13. The van der Waals surface area contributed by atoms with E-state index in [1.165, 1.54) is 19.2 Å². The number of nitrogens with one attached hydrogen (secondary N) is 1. The van der Waals surface area contributed by atoms with Crippen LogP contribution in [0.25, 0.3) is 0 Å². The van der Waals surface area contributed by atoms with Crippen LogP contribution in [0, 0.1) is 5.92 Å². The highest BCUT2D eigenvalue weighted by atomic mass is 16.5. The topological polar surface area (TPSA) is 99.1 Å². The van der Waals surface area contributed by atoms with Crippen molar-refractivity contribution in [2.24, 2.45) is 5.92 Å². The second-order valence-corrected chi connectivity index (χ2v) is 4.55. The normalized spacial score (nSPS) is 14.3. The maximum atomic E-state index is 5.83. The molecule has 7 heteroatoms. The highest BCUT2D eigenvalue weighted by Gasteiger charge is 2.22. The molecule has 1 aliphatic rings. The Balaban J connectivity index is 1.62. The van der Waals surface area contributed by atoms with Crippen molar-refractivity contribution in [3.05, 3.63) is 24.4 Å². The van der Waals surface area contributed by atoms with Gasteiger partial charge < -0.3 is 20.3 Å². The zero-order valence-electron chi connectivity index (χ0n) is 10.4. The van der Waals surface area contributed by atoms with E-state index in [1.54, 1.807) is 12.1 Å². The summed E-state index contributed by atoms with van der Waals surface area (Å²) in [7, 11) is 0. The first kappa shape index (κ1) is 11.8. The summed E-state index contributed by atoms with van der Waals surface area (Å²) in [4.78, 5) is 8.24. The molecule has 1 fully saturated rings. The molecule has 2 aromatic rings. The van der Waals surface area contributed by atoms with Gasteiger partial charge in [-0.3, -0.25) is 0 Å². The number of anilines is 2. The lowest BCUT2D eigenvalue weighted by Crippen LogP contribution is -2.07. The summed E-state index contributed by atoms with van der Waals surface area (Å²) in [5, 5.41) is 6.79. The number of rotatable bonds is 6. The van der Waals surface area contributed by atoms with Crippen LogP contribution in [0.15, 0.2) is 23.0 Å². The molecule has 100 valence electrons. The third kappa shape index (κ3) is 3.12. The monoisotopic (exact) mass is 261 g/mol. The molecule has 0 amide bonds. The van der Waals surface area contributed by atoms with Crippen LogP contribution in [0.4, 0.5) is 11.5 Å². The number of nitrogens with zero attached hydrogens (tertiary/aromatic N) is 3. The molecule has 0 spiro atoms. The Morgan fingerprint density at radius 2 is 2.32 bits per heavy atom. The zero-order valence-corrected chi connectivity index (χ0v) is 10.4. The van der Waals surface area contributed by atoms with Gasteiger partial charge in [0, 0.05) is 0 Å². The molecule has 0 aromatic carbocycles. The van der Waals surface area contributed by atoms with Gasteiger partial charge in [0.15, 0.2) is 5.82 Å². The molecule has 2 heterocycles. The molecule has 7 nitrogen and oxygen atoms in total. The lowest BCUT2D eigenvalue weighted by molar-refractivity contribution is 0.290. The maximum Gasteiger partial charge on any atom is 0.239 e. The minimum Gasteiger partial charge on any atom is -0.476 e. The van der Waals surface area contributed by atoms with Crippen LogP contribution in [0.1, 0.15) is 18.7 Å². The van der Waals surface area contributed by atoms with E-state index in [1.807, 2.05) is 0 Å². The average molecular weight is 261 g/mol. The molecule has 0 radical (unpaired) electrons. The first-order valence-electron chi connectivity index (χ1n) is 6.19. The van der Waals surface area contributed by atoms with E-state index >= 15 is 0 Å². The van der Waals surface area contributed by atoms with E-state index in [0.717, 1.165) is 0 Å². The molecule has 0 unspecified atom stereocenters. The van der Waals surface area contributed by atoms with Crippen molar-refractivity contribution in [2.75, 3.05) is 17.7 Å². The largest absolute Gasteiger partial charge is 0.476 e. The zero-order chi connectivity index (χ0) is 13.1. The van der Waals surface area contributed by atoms with Gasteiger partial charge in [0.1, 0.15) is 5.82 Å². The van der Waals surface area contributed by atoms with Gasteiger partial charge in [-0.2, -0.15) is 9.97 Å². The number of nitrogens with two attached hydrogens (primary N) is 1. The Bertz CT molecular complexity index is 539. The Hall–Kier alpha value is -2.31. The van der Waals surface area contributed by atoms with E-state index < -0.39 is 0 Å². The van der Waals surface area contributed by atoms with E-state index in [-0.39, 0.29) is 0 Å². The summed E-state index contributed by atoms with van der Waals surface area (Å²) in [6.45, 7) is 1.13. The number of ether oxygens (including phenoxy) is 1. The summed E-state index contributed by atoms with van der Waals surface area (Å²) in [6.07, 6.45) is 3.75. The van der Waals surface area contributed by atoms with Gasteiger partial charge in [0.25, 0.3) is 0 Å². The lowest BCUT2D eigenvalue weighted by Gasteiger charge is -2.09. The fraction of sp³-hybridized carbons (Fsp3) is 0.417. The molecule has 1 saturated carbocycles. The third-order valence-electron chi connectivity index (χ3n) is 2.88. The van der Waals surface area contributed by atoms with Crippen LogP contribution in [0.3, 0.4) is 0 Å². The van der Waals surface area contributed by atoms with Crippen LogP contribution >= 0.6 is 0 Å². The summed E-state index contributed by atoms with van der Waals surface area (Å²) < 4.78 is 10.3. The van der Waals surface area contributed by atoms with Crippen LogP contribution in [-0.4, -0.2) is 21.7 Å². The Kier molecular flexibility index (Phi) is 3.18. The van der Waals surface area contributed by atoms with Crippen LogP contribution < -0.4 is 15.8 Å². The summed E-state index contributed by atoms with van der Waals surface area (Å²) in [5.41, 5.74) is 6.38. The van der Waals surface area contributed by atoms with Crippen LogP contribution in [-0.2, 0) is 6.54 Å². The minimum atomic E-state index is 0.440. The summed E-state index contributed by atoms with van der Waals surface area (Å²) >= 11 is 0. The number of nitrogen functional groups attached to an aromatic ring is 1. The molecule has 1 aliphatic carbocycles. The number of pyridine rings is 1. The molecule has 0 aliphatic heterocycles. The number of hydrogen-bond donors (Lipinski definition) is 2. The van der Waals surface area contributed by atoms with Crippen LogP contribution in [0.2, 0.25) is 0 Å². The van der Waals surface area contributed by atoms with Crippen molar-refractivity contribution in [1.29, 1.82) is 0 Å². The van der Waals surface area contributed by atoms with Crippen molar-refractivity contribution in [2.45, 2.75) is 19.4 Å². The summed E-state index contributed by atoms with van der Waals surface area (Å²) in [6, 6.07) is 3.56. The minimum absolute atomic E-state index is 0.440. The maximum absolute atomic E-state index is 5.83. The first-order valence-corrected chi connectivity index (χ1v) is 6.19. The molecule has 0 bridgehead atoms. The number of hydrogen-bond acceptors (Lipinski definition) is 7. The Morgan fingerprint density at radius 3 is 3.05 bits per heavy atom. The van der Waals surface area contributed by atoms with Crippen molar-refractivity contribution < 1.29 is 9.26 Å². The van der Waals surface area contributed by atoms with E-state index in [2.05, 4.69) is 25.0 Å². The smallest absolute Gasteiger partial charge is 0.239 e. The molecular formula is C12H15N5O2. The number of aromatic nitrogens is 3. The Labute approximate surface area is 110 Å². The SMILES string of the molecule is Nc1ccc(NCc2ncon2)nc1OCC1CC1. The molecule has 3 rings (SSSR count). The van der Waals surface area contributed by atoms with Gasteiger partial charge in [-0.1, -0.05) is 5.16 Å². The highest BCUT2D eigenvalue weighted by molar-refractivity contribution is 5.53. The predicted octanol–water partition coefficient (Wildman–Crippen LogP) is 1.45. The molecule has 2 aromatic heterocycles. The quantitative estimate of drug-likeness (QED) is 0.811. The fourth-order valence-corrected chi connectivity index (χ4v) is 1.59. The van der Waals surface area contributed by atoms with Gasteiger partial charge in [0.2, 0.25) is 12.3 Å². The lowest BCUT2D eigenvalue weighted by atomic mass is 10.4. The van der Waals surface area contributed by atoms with Crippen LogP contribution in [0.5, 0.6) is 5.88 Å². The standard InChI is InChI=1S/C12H15N5O2/c13-9-3-4-10(14-5-11-15-7-19-17-11)16-12(9)18-6-8-1-2-8/h3-4,7-8H,1-2,5-6,13H2,(H,14,16). The van der Waals surface area contributed by atoms with Crippen molar-refractivity contribution in [3.63, 3.8) is 0 Å². The highest BCUT2D eigenvalue weighted by Crippen LogP contribution is 2.30. The van der Waals surface area contributed by atoms with E-state index in [0.29, 0.717) is 42.3 Å². The molecule has 19 heavy (non-hydrogen) atoms. The average Bonchev–Trinajstić information content (AvgIpc) is 3.10. The molecule has 0 atom stereocenters. The van der Waals surface area contributed by atoms with Gasteiger partial charge in [0.05, 0.1) is 18.8 Å². The predicted molar refractivity (Wildman–Crippen MR) is 68.5 cm³/mol. The molecule has 3 N–H and O–H groups in total. The van der Waals surface area contributed by atoms with Gasteiger partial charge in [-0.25, -0.2) is 0 Å². The summed E-state index contributed by atoms with van der Waals surface area (Å²) in [5.74, 6) is 2.38. The third-order valence-corrected chi connectivity index (χ3v) is 2.88. The molecule has 0 saturated heterocycles. The first-order chi connectivity index (χ1) is 9.31. The Morgan fingerprint density at radius 1 is 1.42 bits per heavy atom. The molecular weight excluding hydrogens is 246 g/mol.